The summed E-state index contributed by atoms with van der Waals surface area (Å²) < 4.78 is 8.12. The van der Waals surface area contributed by atoms with Gasteiger partial charge in [0.1, 0.15) is 0 Å². The Bertz CT molecular complexity index is 507. The van der Waals surface area contributed by atoms with Gasteiger partial charge in [-0.15, -0.1) is 11.3 Å². The Kier molecular flexibility index (Phi) is 5.18. The molecule has 0 aromatic carbocycles. The fourth-order valence-corrected chi connectivity index (χ4v) is 3.33. The number of ether oxygens (including phenoxy) is 1. The number of hydrogen-bond donors (Lipinski definition) is 1. The number of imidazole rings is 1. The molecule has 0 radical (unpaired) electrons. The summed E-state index contributed by atoms with van der Waals surface area (Å²) in [5.41, 5.74) is 0.976. The molecule has 112 valence electrons. The molecular weight excluding hydrogens is 270 g/mol. The van der Waals surface area contributed by atoms with Crippen molar-refractivity contribution in [3.63, 3.8) is 0 Å². The van der Waals surface area contributed by atoms with E-state index in [-0.39, 0.29) is 11.6 Å². The molecule has 0 spiro atoms. The van der Waals surface area contributed by atoms with Gasteiger partial charge in [0.25, 0.3) is 0 Å². The summed E-state index contributed by atoms with van der Waals surface area (Å²) >= 11 is 1.67. The highest BCUT2D eigenvalue weighted by molar-refractivity contribution is 7.15. The van der Waals surface area contributed by atoms with Crippen molar-refractivity contribution in [2.45, 2.75) is 52.2 Å². The molecule has 20 heavy (non-hydrogen) atoms. The monoisotopic (exact) mass is 295 g/mol. The number of thiazole rings is 1. The van der Waals surface area contributed by atoms with Crippen LogP contribution in [0.5, 0.6) is 0 Å². The third-order valence-electron chi connectivity index (χ3n) is 3.92. The van der Waals surface area contributed by atoms with Gasteiger partial charge in [0.05, 0.1) is 11.3 Å². The summed E-state index contributed by atoms with van der Waals surface area (Å²) in [5, 5.41) is 5.63. The molecule has 0 bridgehead atoms. The SMILES string of the molecule is CCNC(Cc1cn2ccsc2n1)C(C)(CC)OCC. The van der Waals surface area contributed by atoms with E-state index in [1.807, 2.05) is 0 Å². The second kappa shape index (κ2) is 6.70. The van der Waals surface area contributed by atoms with Crippen LogP contribution in [0.25, 0.3) is 4.96 Å². The molecule has 4 nitrogen and oxygen atoms in total. The molecule has 5 heteroatoms. The Morgan fingerprint density at radius 1 is 1.45 bits per heavy atom. The average Bonchev–Trinajstić information content (AvgIpc) is 2.99. The van der Waals surface area contributed by atoms with E-state index in [9.17, 15) is 0 Å². The van der Waals surface area contributed by atoms with Gasteiger partial charge in [-0.1, -0.05) is 13.8 Å². The summed E-state index contributed by atoms with van der Waals surface area (Å²) in [6.45, 7) is 10.3. The van der Waals surface area contributed by atoms with Crippen molar-refractivity contribution in [2.24, 2.45) is 0 Å². The minimum atomic E-state index is -0.151. The van der Waals surface area contributed by atoms with Gasteiger partial charge in [-0.2, -0.15) is 0 Å². The van der Waals surface area contributed by atoms with E-state index in [1.54, 1.807) is 11.3 Å². The molecule has 0 amide bonds. The van der Waals surface area contributed by atoms with Gasteiger partial charge in [0.2, 0.25) is 0 Å². The lowest BCUT2D eigenvalue weighted by Crippen LogP contribution is -2.51. The molecule has 2 atom stereocenters. The maximum absolute atomic E-state index is 6.03. The first-order valence-electron chi connectivity index (χ1n) is 7.41. The van der Waals surface area contributed by atoms with E-state index in [1.165, 1.54) is 0 Å². The molecular formula is C15H25N3OS. The standard InChI is InChI=1S/C15H25N3OS/c1-5-15(4,19-7-3)13(16-6-2)10-12-11-18-8-9-20-14(18)17-12/h8-9,11,13,16H,5-7,10H2,1-4H3. The van der Waals surface area contributed by atoms with Gasteiger partial charge >= 0.3 is 0 Å². The number of fused-ring (bicyclic) bond motifs is 1. The third kappa shape index (κ3) is 3.22. The summed E-state index contributed by atoms with van der Waals surface area (Å²) in [6, 6.07) is 0.280. The Hall–Kier alpha value is -0.910. The Morgan fingerprint density at radius 3 is 2.85 bits per heavy atom. The quantitative estimate of drug-likeness (QED) is 0.813. The van der Waals surface area contributed by atoms with E-state index in [2.05, 4.69) is 60.2 Å². The fourth-order valence-electron chi connectivity index (χ4n) is 2.61. The normalized spacial score (nSPS) is 16.4. The molecule has 2 heterocycles. The predicted molar refractivity (Wildman–Crippen MR) is 84.6 cm³/mol. The lowest BCUT2D eigenvalue weighted by atomic mass is 9.89. The van der Waals surface area contributed by atoms with Gasteiger partial charge in [-0.3, -0.25) is 4.40 Å². The van der Waals surface area contributed by atoms with Crippen LogP contribution in [-0.2, 0) is 11.2 Å². The van der Waals surface area contributed by atoms with Crippen LogP contribution in [0.4, 0.5) is 0 Å². The van der Waals surface area contributed by atoms with E-state index in [0.29, 0.717) is 0 Å². The van der Waals surface area contributed by atoms with Crippen molar-refractivity contribution in [3.05, 3.63) is 23.5 Å². The molecule has 2 unspecified atom stereocenters. The smallest absolute Gasteiger partial charge is 0.193 e. The van der Waals surface area contributed by atoms with Crippen molar-refractivity contribution in [1.29, 1.82) is 0 Å². The minimum Gasteiger partial charge on any atom is -0.374 e. The molecule has 1 N–H and O–H groups in total. The topological polar surface area (TPSA) is 38.6 Å². The van der Waals surface area contributed by atoms with Crippen molar-refractivity contribution < 1.29 is 4.74 Å². The Labute approximate surface area is 125 Å². The second-order valence-electron chi connectivity index (χ2n) is 5.24. The van der Waals surface area contributed by atoms with E-state index >= 15 is 0 Å². The second-order valence-corrected chi connectivity index (χ2v) is 6.11. The molecule has 0 aliphatic carbocycles. The van der Waals surface area contributed by atoms with Crippen LogP contribution >= 0.6 is 11.3 Å². The first-order valence-corrected chi connectivity index (χ1v) is 8.29. The van der Waals surface area contributed by atoms with Gasteiger partial charge < -0.3 is 10.1 Å². The molecule has 2 aromatic heterocycles. The van der Waals surface area contributed by atoms with E-state index in [0.717, 1.165) is 36.6 Å². The van der Waals surface area contributed by atoms with Crippen molar-refractivity contribution in [1.82, 2.24) is 14.7 Å². The number of aromatic nitrogens is 2. The molecule has 0 aliphatic rings. The van der Waals surface area contributed by atoms with Gasteiger partial charge in [-0.25, -0.2) is 4.98 Å². The number of hydrogen-bond acceptors (Lipinski definition) is 4. The summed E-state index contributed by atoms with van der Waals surface area (Å²) in [7, 11) is 0. The maximum Gasteiger partial charge on any atom is 0.193 e. The Balaban J connectivity index is 2.17. The lowest BCUT2D eigenvalue weighted by molar-refractivity contribution is -0.0548. The molecule has 2 rings (SSSR count). The number of nitrogens with zero attached hydrogens (tertiary/aromatic N) is 2. The average molecular weight is 295 g/mol. The first-order chi connectivity index (χ1) is 9.62. The number of rotatable bonds is 8. The fraction of sp³-hybridized carbons (Fsp3) is 0.667. The zero-order chi connectivity index (χ0) is 14.6. The molecule has 0 aliphatic heterocycles. The number of likely N-dealkylation sites (N-methyl/N-ethyl adjacent to an activating group) is 1. The summed E-state index contributed by atoms with van der Waals surface area (Å²) in [5.74, 6) is 0. The van der Waals surface area contributed by atoms with Crippen molar-refractivity contribution >= 4 is 16.3 Å². The molecule has 0 saturated carbocycles. The molecule has 2 aromatic rings. The van der Waals surface area contributed by atoms with Crippen LogP contribution in [0.3, 0.4) is 0 Å². The third-order valence-corrected chi connectivity index (χ3v) is 4.69. The van der Waals surface area contributed by atoms with Crippen LogP contribution in [0.2, 0.25) is 0 Å². The largest absolute Gasteiger partial charge is 0.374 e. The van der Waals surface area contributed by atoms with Gasteiger partial charge in [0, 0.05) is 36.8 Å². The van der Waals surface area contributed by atoms with Gasteiger partial charge in [-0.05, 0) is 26.8 Å². The zero-order valence-corrected chi connectivity index (χ0v) is 13.7. The van der Waals surface area contributed by atoms with E-state index < -0.39 is 0 Å². The van der Waals surface area contributed by atoms with E-state index in [4.69, 9.17) is 4.74 Å². The summed E-state index contributed by atoms with van der Waals surface area (Å²) in [6.07, 6.45) is 6.06. The highest BCUT2D eigenvalue weighted by atomic mass is 32.1. The lowest BCUT2D eigenvalue weighted by Gasteiger charge is -2.37. The van der Waals surface area contributed by atoms with Crippen molar-refractivity contribution in [2.75, 3.05) is 13.2 Å². The predicted octanol–water partition coefficient (Wildman–Crippen LogP) is 3.12. The van der Waals surface area contributed by atoms with Crippen LogP contribution in [0, 0.1) is 0 Å². The Morgan fingerprint density at radius 2 is 2.25 bits per heavy atom. The highest BCUT2D eigenvalue weighted by Crippen LogP contribution is 2.24. The zero-order valence-electron chi connectivity index (χ0n) is 12.8. The molecule has 0 fully saturated rings. The van der Waals surface area contributed by atoms with Crippen LogP contribution in [0.1, 0.15) is 39.8 Å². The molecule has 0 saturated heterocycles. The van der Waals surface area contributed by atoms with Crippen molar-refractivity contribution in [3.8, 4) is 0 Å². The van der Waals surface area contributed by atoms with Crippen LogP contribution in [0.15, 0.2) is 17.8 Å². The first kappa shape index (κ1) is 15.5. The summed E-state index contributed by atoms with van der Waals surface area (Å²) in [4.78, 5) is 5.75. The van der Waals surface area contributed by atoms with Gasteiger partial charge in [0.15, 0.2) is 4.96 Å². The highest BCUT2D eigenvalue weighted by Gasteiger charge is 2.33. The minimum absolute atomic E-state index is 0.151. The van der Waals surface area contributed by atoms with Crippen LogP contribution < -0.4 is 5.32 Å². The maximum atomic E-state index is 6.03. The number of nitrogens with one attached hydrogen (secondary N) is 1. The van der Waals surface area contributed by atoms with Crippen LogP contribution in [-0.4, -0.2) is 34.2 Å².